The number of benzene rings is 1. The Hall–Kier alpha value is -1.42. The molecule has 0 fully saturated rings. The van der Waals surface area contributed by atoms with E-state index in [4.69, 9.17) is 10.8 Å². The third-order valence-electron chi connectivity index (χ3n) is 1.95. The van der Waals surface area contributed by atoms with E-state index in [1.807, 2.05) is 0 Å². The largest absolute Gasteiger partial charge is 0.481 e. The van der Waals surface area contributed by atoms with E-state index < -0.39 is 12.0 Å². The van der Waals surface area contributed by atoms with Gasteiger partial charge >= 0.3 is 5.97 Å². The molecular weight excluding hydrogens is 185 g/mol. The van der Waals surface area contributed by atoms with Crippen molar-refractivity contribution >= 4 is 5.97 Å². The zero-order valence-corrected chi connectivity index (χ0v) is 7.61. The molecule has 3 N–H and O–H groups in total. The van der Waals surface area contributed by atoms with Crippen molar-refractivity contribution in [1.29, 1.82) is 0 Å². The Balaban J connectivity index is 2.60. The summed E-state index contributed by atoms with van der Waals surface area (Å²) < 4.78 is 12.8. The second-order valence-electron chi connectivity index (χ2n) is 3.09. The van der Waals surface area contributed by atoms with Crippen LogP contribution in [0, 0.1) is 5.82 Å². The molecule has 1 aromatic carbocycles. The predicted molar refractivity (Wildman–Crippen MR) is 50.2 cm³/mol. The third-order valence-corrected chi connectivity index (χ3v) is 1.95. The molecule has 0 spiro atoms. The van der Waals surface area contributed by atoms with Gasteiger partial charge in [0.2, 0.25) is 0 Å². The fourth-order valence-electron chi connectivity index (χ4n) is 1.18. The van der Waals surface area contributed by atoms with E-state index in [-0.39, 0.29) is 12.2 Å². The molecule has 0 saturated carbocycles. The van der Waals surface area contributed by atoms with Gasteiger partial charge in [-0.05, 0) is 24.1 Å². The molecule has 1 atom stereocenters. The highest BCUT2D eigenvalue weighted by atomic mass is 19.1. The molecule has 0 aliphatic carbocycles. The van der Waals surface area contributed by atoms with Crippen LogP contribution in [0.4, 0.5) is 4.39 Å². The maximum Gasteiger partial charge on any atom is 0.303 e. The van der Waals surface area contributed by atoms with Crippen molar-refractivity contribution in [2.45, 2.75) is 18.9 Å². The maximum absolute atomic E-state index is 12.8. The zero-order valence-electron chi connectivity index (χ0n) is 7.61. The summed E-state index contributed by atoms with van der Waals surface area (Å²) in [5, 5.41) is 8.43. The van der Waals surface area contributed by atoms with E-state index in [1.54, 1.807) is 12.1 Å². The van der Waals surface area contributed by atoms with Crippen molar-refractivity contribution < 1.29 is 14.3 Å². The summed E-state index contributed by atoms with van der Waals surface area (Å²) in [5.74, 6) is -1.25. The number of carboxylic acid groups (broad SMARTS) is 1. The van der Waals surface area contributed by atoms with E-state index in [0.29, 0.717) is 12.0 Å². The van der Waals surface area contributed by atoms with Gasteiger partial charge in [-0.2, -0.15) is 0 Å². The second-order valence-corrected chi connectivity index (χ2v) is 3.09. The SMILES string of the molecule is NC(CCC(=O)O)c1cccc(F)c1. The number of hydrogen-bond donors (Lipinski definition) is 2. The minimum absolute atomic E-state index is 0.00230. The zero-order chi connectivity index (χ0) is 10.6. The van der Waals surface area contributed by atoms with Crippen molar-refractivity contribution in [3.05, 3.63) is 35.6 Å². The first-order chi connectivity index (χ1) is 6.59. The van der Waals surface area contributed by atoms with Crippen LogP contribution in [0.1, 0.15) is 24.4 Å². The molecule has 1 aromatic rings. The summed E-state index contributed by atoms with van der Waals surface area (Å²) in [7, 11) is 0. The maximum atomic E-state index is 12.8. The molecule has 0 bridgehead atoms. The minimum Gasteiger partial charge on any atom is -0.481 e. The standard InChI is InChI=1S/C10H12FNO2/c11-8-3-1-2-7(6-8)9(12)4-5-10(13)14/h1-3,6,9H,4-5,12H2,(H,13,14). The molecule has 1 unspecified atom stereocenters. The van der Waals surface area contributed by atoms with E-state index in [2.05, 4.69) is 0 Å². The lowest BCUT2D eigenvalue weighted by atomic mass is 10.0. The monoisotopic (exact) mass is 197 g/mol. The molecule has 0 radical (unpaired) electrons. The fourth-order valence-corrected chi connectivity index (χ4v) is 1.18. The van der Waals surface area contributed by atoms with Crippen molar-refractivity contribution in [1.82, 2.24) is 0 Å². The van der Waals surface area contributed by atoms with Crippen molar-refractivity contribution in [3.8, 4) is 0 Å². The lowest BCUT2D eigenvalue weighted by Gasteiger charge is -2.10. The van der Waals surface area contributed by atoms with Crippen LogP contribution in [-0.4, -0.2) is 11.1 Å². The summed E-state index contributed by atoms with van der Waals surface area (Å²) in [5.41, 5.74) is 6.31. The number of halogens is 1. The summed E-state index contributed by atoms with van der Waals surface area (Å²) in [6.45, 7) is 0. The number of carboxylic acids is 1. The number of rotatable bonds is 4. The molecule has 1 rings (SSSR count). The summed E-state index contributed by atoms with van der Waals surface area (Å²) in [6, 6.07) is 5.49. The summed E-state index contributed by atoms with van der Waals surface area (Å²) >= 11 is 0. The Morgan fingerprint density at radius 2 is 2.29 bits per heavy atom. The fraction of sp³-hybridized carbons (Fsp3) is 0.300. The molecule has 0 heterocycles. The van der Waals surface area contributed by atoms with Crippen LogP contribution in [-0.2, 0) is 4.79 Å². The molecule has 3 nitrogen and oxygen atoms in total. The van der Waals surface area contributed by atoms with E-state index in [9.17, 15) is 9.18 Å². The van der Waals surface area contributed by atoms with Crippen LogP contribution < -0.4 is 5.73 Å². The Kier molecular flexibility index (Phi) is 3.59. The van der Waals surface area contributed by atoms with Crippen LogP contribution in [0.15, 0.2) is 24.3 Å². The highest BCUT2D eigenvalue weighted by Gasteiger charge is 2.08. The lowest BCUT2D eigenvalue weighted by molar-refractivity contribution is -0.137. The van der Waals surface area contributed by atoms with Crippen LogP contribution >= 0.6 is 0 Å². The molecule has 0 aliphatic rings. The van der Waals surface area contributed by atoms with Gasteiger partial charge in [0.1, 0.15) is 5.82 Å². The van der Waals surface area contributed by atoms with Crippen LogP contribution in [0.3, 0.4) is 0 Å². The van der Waals surface area contributed by atoms with Gasteiger partial charge in [-0.25, -0.2) is 4.39 Å². The van der Waals surface area contributed by atoms with Crippen molar-refractivity contribution in [2.24, 2.45) is 5.73 Å². The van der Waals surface area contributed by atoms with Gasteiger partial charge in [-0.3, -0.25) is 4.79 Å². The Bertz CT molecular complexity index is 328. The molecule has 0 saturated heterocycles. The lowest BCUT2D eigenvalue weighted by Crippen LogP contribution is -2.12. The number of carbonyl (C=O) groups is 1. The van der Waals surface area contributed by atoms with Crippen molar-refractivity contribution in [2.75, 3.05) is 0 Å². The highest BCUT2D eigenvalue weighted by Crippen LogP contribution is 2.16. The van der Waals surface area contributed by atoms with E-state index >= 15 is 0 Å². The number of nitrogens with two attached hydrogens (primary N) is 1. The molecule has 4 heteroatoms. The summed E-state index contributed by atoms with van der Waals surface area (Å²) in [4.78, 5) is 10.3. The first-order valence-corrected chi connectivity index (χ1v) is 4.32. The Labute approximate surface area is 81.4 Å². The van der Waals surface area contributed by atoms with Gasteiger partial charge in [0.05, 0.1) is 0 Å². The first-order valence-electron chi connectivity index (χ1n) is 4.32. The average Bonchev–Trinajstić information content (AvgIpc) is 2.14. The number of hydrogen-bond acceptors (Lipinski definition) is 2. The van der Waals surface area contributed by atoms with Crippen LogP contribution in [0.2, 0.25) is 0 Å². The van der Waals surface area contributed by atoms with Gasteiger partial charge in [0.15, 0.2) is 0 Å². The molecule has 14 heavy (non-hydrogen) atoms. The quantitative estimate of drug-likeness (QED) is 0.772. The normalized spacial score (nSPS) is 12.4. The third kappa shape index (κ3) is 3.14. The molecular formula is C10H12FNO2. The van der Waals surface area contributed by atoms with Gasteiger partial charge in [0.25, 0.3) is 0 Å². The molecule has 76 valence electrons. The first kappa shape index (κ1) is 10.7. The van der Waals surface area contributed by atoms with Gasteiger partial charge in [-0.15, -0.1) is 0 Å². The van der Waals surface area contributed by atoms with Gasteiger partial charge in [0, 0.05) is 12.5 Å². The van der Waals surface area contributed by atoms with Crippen LogP contribution in [0.5, 0.6) is 0 Å². The van der Waals surface area contributed by atoms with Crippen molar-refractivity contribution in [3.63, 3.8) is 0 Å². The van der Waals surface area contributed by atoms with Gasteiger partial charge < -0.3 is 10.8 Å². The molecule has 0 aliphatic heterocycles. The highest BCUT2D eigenvalue weighted by molar-refractivity contribution is 5.66. The van der Waals surface area contributed by atoms with E-state index in [0.717, 1.165) is 0 Å². The average molecular weight is 197 g/mol. The minimum atomic E-state index is -0.892. The molecule has 0 amide bonds. The molecule has 0 aromatic heterocycles. The Morgan fingerprint density at radius 3 is 2.86 bits per heavy atom. The topological polar surface area (TPSA) is 63.3 Å². The van der Waals surface area contributed by atoms with Crippen LogP contribution in [0.25, 0.3) is 0 Å². The smallest absolute Gasteiger partial charge is 0.303 e. The number of aliphatic carboxylic acids is 1. The summed E-state index contributed by atoms with van der Waals surface area (Å²) in [6.07, 6.45) is 0.316. The predicted octanol–water partition coefficient (Wildman–Crippen LogP) is 1.69. The van der Waals surface area contributed by atoms with E-state index in [1.165, 1.54) is 12.1 Å². The second kappa shape index (κ2) is 4.72. The Morgan fingerprint density at radius 1 is 1.57 bits per heavy atom. The van der Waals surface area contributed by atoms with Gasteiger partial charge in [-0.1, -0.05) is 12.1 Å².